The number of carbonyl (C=O) groups excluding carboxylic acids is 1. The molecular formula is C25H21NO4. The smallest absolute Gasteiger partial charge is 0.336 e. The fourth-order valence-corrected chi connectivity index (χ4v) is 3.38. The van der Waals surface area contributed by atoms with E-state index in [9.17, 15) is 9.59 Å². The molecule has 0 saturated carbocycles. The van der Waals surface area contributed by atoms with Crippen LogP contribution in [0.3, 0.4) is 0 Å². The third-order valence-corrected chi connectivity index (χ3v) is 4.83. The summed E-state index contributed by atoms with van der Waals surface area (Å²) in [5.41, 5.74) is 4.57. The van der Waals surface area contributed by atoms with Crippen molar-refractivity contribution in [3.63, 3.8) is 0 Å². The minimum Gasteiger partial charge on any atom is -0.484 e. The summed E-state index contributed by atoms with van der Waals surface area (Å²) in [5, 5.41) is 3.65. The van der Waals surface area contributed by atoms with Crippen molar-refractivity contribution in [2.45, 2.75) is 13.8 Å². The van der Waals surface area contributed by atoms with E-state index in [0.29, 0.717) is 11.3 Å². The second kappa shape index (κ2) is 8.25. The summed E-state index contributed by atoms with van der Waals surface area (Å²) in [4.78, 5) is 24.3. The zero-order valence-corrected chi connectivity index (χ0v) is 16.8. The van der Waals surface area contributed by atoms with Gasteiger partial charge in [0.05, 0.1) is 0 Å². The Hall–Kier alpha value is -3.86. The first-order valence-electron chi connectivity index (χ1n) is 9.63. The minimum absolute atomic E-state index is 0.151. The van der Waals surface area contributed by atoms with Gasteiger partial charge in [0.15, 0.2) is 6.61 Å². The molecule has 0 bridgehead atoms. The molecule has 0 atom stereocenters. The maximum Gasteiger partial charge on any atom is 0.336 e. The quantitative estimate of drug-likeness (QED) is 0.475. The molecule has 0 unspecified atom stereocenters. The molecule has 0 fully saturated rings. The summed E-state index contributed by atoms with van der Waals surface area (Å²) >= 11 is 0. The van der Waals surface area contributed by atoms with Crippen molar-refractivity contribution < 1.29 is 13.9 Å². The number of ether oxygens (including phenoxy) is 1. The van der Waals surface area contributed by atoms with E-state index in [2.05, 4.69) is 5.32 Å². The molecule has 0 saturated heterocycles. The number of rotatable bonds is 5. The van der Waals surface area contributed by atoms with Crippen LogP contribution in [0.15, 0.2) is 82.0 Å². The van der Waals surface area contributed by atoms with Crippen LogP contribution in [0.5, 0.6) is 5.75 Å². The topological polar surface area (TPSA) is 68.5 Å². The molecule has 0 aliphatic carbocycles. The fourth-order valence-electron chi connectivity index (χ4n) is 3.38. The Labute approximate surface area is 173 Å². The van der Waals surface area contributed by atoms with Crippen LogP contribution in [0.1, 0.15) is 11.1 Å². The van der Waals surface area contributed by atoms with Gasteiger partial charge in [-0.15, -0.1) is 0 Å². The Kier molecular flexibility index (Phi) is 5.35. The average Bonchev–Trinajstić information content (AvgIpc) is 2.74. The highest BCUT2D eigenvalue weighted by Crippen LogP contribution is 2.29. The first-order valence-corrected chi connectivity index (χ1v) is 9.63. The van der Waals surface area contributed by atoms with E-state index < -0.39 is 5.63 Å². The maximum absolute atomic E-state index is 12.3. The third-order valence-electron chi connectivity index (χ3n) is 4.83. The van der Waals surface area contributed by atoms with Gasteiger partial charge in [0, 0.05) is 23.2 Å². The lowest BCUT2D eigenvalue weighted by molar-refractivity contribution is -0.118. The molecule has 4 aromatic rings. The fraction of sp³-hybridized carbons (Fsp3) is 0.120. The van der Waals surface area contributed by atoms with Gasteiger partial charge in [0.25, 0.3) is 5.91 Å². The Morgan fingerprint density at radius 3 is 2.53 bits per heavy atom. The van der Waals surface area contributed by atoms with Crippen LogP contribution < -0.4 is 15.7 Å². The molecule has 0 aliphatic heterocycles. The predicted molar refractivity (Wildman–Crippen MR) is 118 cm³/mol. The molecule has 0 aliphatic rings. The van der Waals surface area contributed by atoms with Crippen LogP contribution in [-0.2, 0) is 4.79 Å². The maximum atomic E-state index is 12.3. The Bertz CT molecular complexity index is 1280. The number of fused-ring (bicyclic) bond motifs is 1. The number of hydrogen-bond acceptors (Lipinski definition) is 4. The largest absolute Gasteiger partial charge is 0.484 e. The highest BCUT2D eigenvalue weighted by Gasteiger charge is 2.10. The molecule has 5 nitrogen and oxygen atoms in total. The van der Waals surface area contributed by atoms with E-state index in [1.807, 2.05) is 68.4 Å². The van der Waals surface area contributed by atoms with Crippen LogP contribution in [0.4, 0.5) is 5.69 Å². The van der Waals surface area contributed by atoms with Gasteiger partial charge in [0.1, 0.15) is 11.3 Å². The van der Waals surface area contributed by atoms with Gasteiger partial charge >= 0.3 is 5.63 Å². The molecule has 1 amide bonds. The standard InChI is InChI=1S/C25H21NO4/c1-16-8-11-22(17(2)12-16)26-24(27)15-29-19-9-10-20-21(18-6-4-3-5-7-18)14-25(28)30-23(20)13-19/h3-14H,15H2,1-2H3,(H,26,27). The lowest BCUT2D eigenvalue weighted by Crippen LogP contribution is -2.20. The van der Waals surface area contributed by atoms with Crippen molar-refractivity contribution in [2.75, 3.05) is 11.9 Å². The summed E-state index contributed by atoms with van der Waals surface area (Å²) in [6.45, 7) is 3.80. The highest BCUT2D eigenvalue weighted by atomic mass is 16.5. The third kappa shape index (κ3) is 4.25. The van der Waals surface area contributed by atoms with E-state index >= 15 is 0 Å². The minimum atomic E-state index is -0.439. The van der Waals surface area contributed by atoms with Crippen molar-refractivity contribution in [1.29, 1.82) is 0 Å². The van der Waals surface area contributed by atoms with E-state index in [1.54, 1.807) is 12.1 Å². The summed E-state index contributed by atoms with van der Waals surface area (Å²) in [6, 6.07) is 22.2. The van der Waals surface area contributed by atoms with Crippen molar-refractivity contribution >= 4 is 22.6 Å². The van der Waals surface area contributed by atoms with Crippen LogP contribution >= 0.6 is 0 Å². The summed E-state index contributed by atoms with van der Waals surface area (Å²) in [6.07, 6.45) is 0. The Balaban J connectivity index is 1.53. The highest BCUT2D eigenvalue weighted by molar-refractivity contribution is 5.94. The van der Waals surface area contributed by atoms with Crippen molar-refractivity contribution in [1.82, 2.24) is 0 Å². The molecule has 5 heteroatoms. The van der Waals surface area contributed by atoms with Crippen LogP contribution in [0.2, 0.25) is 0 Å². The lowest BCUT2D eigenvalue weighted by atomic mass is 10.0. The molecule has 1 heterocycles. The first kappa shape index (κ1) is 19.5. The van der Waals surface area contributed by atoms with E-state index in [4.69, 9.17) is 9.15 Å². The molecule has 3 aromatic carbocycles. The van der Waals surface area contributed by atoms with Gasteiger partial charge in [-0.05, 0) is 48.7 Å². The number of anilines is 1. The van der Waals surface area contributed by atoms with Crippen LogP contribution in [0, 0.1) is 13.8 Å². The number of amides is 1. The zero-order valence-electron chi connectivity index (χ0n) is 16.8. The van der Waals surface area contributed by atoms with Gasteiger partial charge in [-0.3, -0.25) is 4.79 Å². The molecule has 0 radical (unpaired) electrons. The van der Waals surface area contributed by atoms with E-state index in [0.717, 1.165) is 33.3 Å². The van der Waals surface area contributed by atoms with Gasteiger partial charge in [0.2, 0.25) is 0 Å². The molecule has 150 valence electrons. The summed E-state index contributed by atoms with van der Waals surface area (Å²) < 4.78 is 11.0. The Morgan fingerprint density at radius 1 is 0.967 bits per heavy atom. The van der Waals surface area contributed by atoms with E-state index in [-0.39, 0.29) is 12.5 Å². The SMILES string of the molecule is Cc1ccc(NC(=O)COc2ccc3c(-c4ccccc4)cc(=O)oc3c2)c(C)c1. The van der Waals surface area contributed by atoms with Crippen LogP contribution in [-0.4, -0.2) is 12.5 Å². The number of aryl methyl sites for hydroxylation is 2. The zero-order chi connectivity index (χ0) is 21.1. The molecule has 30 heavy (non-hydrogen) atoms. The second-order valence-corrected chi connectivity index (χ2v) is 7.16. The van der Waals surface area contributed by atoms with Crippen molar-refractivity contribution in [3.8, 4) is 16.9 Å². The predicted octanol–water partition coefficient (Wildman–Crippen LogP) is 5.09. The van der Waals surface area contributed by atoms with Gasteiger partial charge in [-0.1, -0.05) is 48.0 Å². The number of hydrogen-bond donors (Lipinski definition) is 1. The Morgan fingerprint density at radius 2 is 1.77 bits per heavy atom. The number of benzene rings is 3. The number of nitrogens with one attached hydrogen (secondary N) is 1. The van der Waals surface area contributed by atoms with Gasteiger partial charge in [-0.25, -0.2) is 4.79 Å². The normalized spacial score (nSPS) is 10.7. The van der Waals surface area contributed by atoms with Crippen molar-refractivity contribution in [2.24, 2.45) is 0 Å². The van der Waals surface area contributed by atoms with Gasteiger partial charge < -0.3 is 14.5 Å². The molecular weight excluding hydrogens is 378 g/mol. The van der Waals surface area contributed by atoms with E-state index in [1.165, 1.54) is 6.07 Å². The summed E-state index contributed by atoms with van der Waals surface area (Å²) in [7, 11) is 0. The molecule has 4 rings (SSSR count). The van der Waals surface area contributed by atoms with Gasteiger partial charge in [-0.2, -0.15) is 0 Å². The van der Waals surface area contributed by atoms with Crippen molar-refractivity contribution in [3.05, 3.63) is 94.3 Å². The number of carbonyl (C=O) groups is 1. The molecule has 1 aromatic heterocycles. The average molecular weight is 399 g/mol. The van der Waals surface area contributed by atoms with Crippen LogP contribution in [0.25, 0.3) is 22.1 Å². The second-order valence-electron chi connectivity index (χ2n) is 7.16. The first-order chi connectivity index (χ1) is 14.5. The molecule has 0 spiro atoms. The monoisotopic (exact) mass is 399 g/mol. The molecule has 1 N–H and O–H groups in total. The summed E-state index contributed by atoms with van der Waals surface area (Å²) in [5.74, 6) is 0.188. The lowest BCUT2D eigenvalue weighted by Gasteiger charge is -2.11.